The summed E-state index contributed by atoms with van der Waals surface area (Å²) in [5.41, 5.74) is 5.28. The van der Waals surface area contributed by atoms with E-state index in [0.717, 1.165) is 5.92 Å². The van der Waals surface area contributed by atoms with Crippen molar-refractivity contribution < 1.29 is 47.0 Å². The maximum Gasteiger partial charge on any atom is -1.00 e. The predicted molar refractivity (Wildman–Crippen MR) is 156 cm³/mol. The van der Waals surface area contributed by atoms with E-state index in [1.165, 1.54) is 109 Å². The number of hydrogen-bond donors (Lipinski definition) is 1. The second-order valence-corrected chi connectivity index (χ2v) is 25.3. The third-order valence-corrected chi connectivity index (χ3v) is 21.0. The van der Waals surface area contributed by atoms with E-state index >= 15 is 0 Å². The molecule has 2 fully saturated rings. The molecule has 0 aliphatic heterocycles. The topological polar surface area (TPSA) is 29.1 Å². The van der Waals surface area contributed by atoms with Gasteiger partial charge in [0, 0.05) is 0 Å². The van der Waals surface area contributed by atoms with Crippen molar-refractivity contribution in [3.63, 3.8) is 0 Å². The number of rotatable bonds is 17. The van der Waals surface area contributed by atoms with Crippen LogP contribution in [0, 0.1) is 23.7 Å². The van der Waals surface area contributed by atoms with Crippen LogP contribution in [0.3, 0.4) is 0 Å². The van der Waals surface area contributed by atoms with Crippen molar-refractivity contribution in [1.29, 1.82) is 0 Å². The van der Waals surface area contributed by atoms with Gasteiger partial charge in [-0.2, -0.15) is 0 Å². The van der Waals surface area contributed by atoms with Crippen LogP contribution in [0.25, 0.3) is 0 Å². The first-order chi connectivity index (χ1) is 17.4. The molecule has 219 valence electrons. The van der Waals surface area contributed by atoms with E-state index in [-0.39, 0.29) is 24.8 Å². The van der Waals surface area contributed by atoms with Gasteiger partial charge in [0.25, 0.3) is 0 Å². The minimum Gasteiger partial charge on any atom is -1.00 e. The van der Waals surface area contributed by atoms with Crippen LogP contribution in [0.1, 0.15) is 137 Å². The summed E-state index contributed by atoms with van der Waals surface area (Å²) < 4.78 is 5.70. The van der Waals surface area contributed by atoms with Gasteiger partial charge in [-0.3, -0.25) is 0 Å². The molecule has 4 unspecified atom stereocenters. The quantitative estimate of drug-likeness (QED) is 0.197. The summed E-state index contributed by atoms with van der Waals surface area (Å²) in [6.45, 7) is 13.7. The summed E-state index contributed by atoms with van der Waals surface area (Å²) in [6, 6.07) is 0. The Balaban J connectivity index is 0.00000361. The molecule has 0 heterocycles. The van der Waals surface area contributed by atoms with Gasteiger partial charge in [0.05, 0.1) is 0 Å². The SMILES string of the molecule is CCCCCCCCC1=C(CCCCCC)C(CC)=[C]([Ti+2]([NH]C(=O)C2CC3CCC2C3)[SiH](C)C)C1C.[Cl-].[Cl-]. The predicted octanol–water partition coefficient (Wildman–Crippen LogP) is 3.39. The van der Waals surface area contributed by atoms with Gasteiger partial charge in [-0.15, -0.1) is 0 Å². The zero-order valence-electron chi connectivity index (χ0n) is 25.6. The van der Waals surface area contributed by atoms with Gasteiger partial charge >= 0.3 is 233 Å². The Hall–Kier alpha value is 0.461. The van der Waals surface area contributed by atoms with Crippen LogP contribution in [-0.4, -0.2) is 12.6 Å². The third kappa shape index (κ3) is 9.50. The van der Waals surface area contributed by atoms with E-state index < -0.39 is 24.0 Å². The van der Waals surface area contributed by atoms with Gasteiger partial charge in [0.2, 0.25) is 0 Å². The molecule has 0 spiro atoms. The minimum absolute atomic E-state index is 0. The van der Waals surface area contributed by atoms with Crippen LogP contribution < -0.4 is 28.6 Å². The smallest absolute Gasteiger partial charge is 1.00 e. The Morgan fingerprint density at radius 3 is 2.00 bits per heavy atom. The molecule has 0 aromatic heterocycles. The Kier molecular flexibility index (Phi) is 18.1. The van der Waals surface area contributed by atoms with Crippen LogP contribution >= 0.6 is 0 Å². The first-order valence-electron chi connectivity index (χ1n) is 16.1. The maximum absolute atomic E-state index is 13.6. The molecule has 3 aliphatic carbocycles. The number of hydrogen-bond acceptors (Lipinski definition) is 1. The zero-order valence-corrected chi connectivity index (χ0v) is 29.8. The van der Waals surface area contributed by atoms with E-state index in [1.807, 2.05) is 3.88 Å². The number of unbranched alkanes of at least 4 members (excludes halogenated alkanes) is 8. The van der Waals surface area contributed by atoms with Crippen molar-refractivity contribution in [2.75, 3.05) is 0 Å². The molecule has 2 saturated carbocycles. The fourth-order valence-corrected chi connectivity index (χ4v) is 18.1. The standard InChI is InChI=1S/C22H39.C8H13NO.C2H7Si.2ClH.Ti/c1-5-8-10-12-13-15-16-21-19(4)18-20(7-3)22(21)17-14-11-9-6-2;9-8(10)7-4-5-1-2-6(7)3-5;1-3-2;;;/h19H,5-17H2,1-4H3;5-7H,1-4H2,(H2,9,10);3H,1-2H3;2*1H;/q;;;;;+3/p-3. The molecule has 0 saturated heterocycles. The molecular formula is C32H58Cl2NOSiTi. The molecule has 3 rings (SSSR count). The molecular weight excluding hydrogens is 561 g/mol. The van der Waals surface area contributed by atoms with Crippen molar-refractivity contribution in [1.82, 2.24) is 3.80 Å². The fourth-order valence-electron chi connectivity index (χ4n) is 7.67. The van der Waals surface area contributed by atoms with Crippen molar-refractivity contribution >= 4 is 12.6 Å². The molecule has 0 aromatic carbocycles. The molecule has 4 atom stereocenters. The molecule has 2 bridgehead atoms. The van der Waals surface area contributed by atoms with Gasteiger partial charge in [-0.25, -0.2) is 0 Å². The average Bonchev–Trinajstić information content (AvgIpc) is 3.56. The Morgan fingerprint density at radius 1 is 0.842 bits per heavy atom. The fraction of sp³-hybridized carbons (Fsp3) is 0.844. The van der Waals surface area contributed by atoms with Crippen LogP contribution in [0.4, 0.5) is 0 Å². The van der Waals surface area contributed by atoms with Crippen molar-refractivity contribution in [3.8, 4) is 0 Å². The normalized spacial score (nSPS) is 24.2. The summed E-state index contributed by atoms with van der Waals surface area (Å²) in [4.78, 5) is 13.6. The van der Waals surface area contributed by atoms with Gasteiger partial charge in [-0.05, 0) is 0 Å². The van der Waals surface area contributed by atoms with E-state index in [0.29, 0.717) is 23.7 Å². The summed E-state index contributed by atoms with van der Waals surface area (Å²) in [7, 11) is 0. The number of amides is 1. The zero-order chi connectivity index (χ0) is 26.1. The average molecular weight is 620 g/mol. The van der Waals surface area contributed by atoms with Gasteiger partial charge in [0.1, 0.15) is 0 Å². The number of nitrogens with one attached hydrogen (secondary N) is 1. The van der Waals surface area contributed by atoms with Crippen LogP contribution in [0.2, 0.25) is 13.1 Å². The number of halogens is 2. The van der Waals surface area contributed by atoms with Crippen molar-refractivity contribution in [3.05, 3.63) is 20.6 Å². The molecule has 3 aliphatic rings. The third-order valence-electron chi connectivity index (χ3n) is 9.67. The number of fused-ring (bicyclic) bond motifs is 2. The molecule has 38 heavy (non-hydrogen) atoms. The van der Waals surface area contributed by atoms with Crippen LogP contribution in [0.5, 0.6) is 0 Å². The molecule has 6 heteroatoms. The van der Waals surface area contributed by atoms with E-state index in [9.17, 15) is 4.79 Å². The Labute approximate surface area is 256 Å². The minimum atomic E-state index is -1.79. The molecule has 1 N–H and O–H groups in total. The second-order valence-electron chi connectivity index (χ2n) is 12.6. The van der Waals surface area contributed by atoms with Gasteiger partial charge in [-0.1, -0.05) is 0 Å². The largest absolute Gasteiger partial charge is 1.00 e. The number of carbonyl (C=O) groups is 1. The van der Waals surface area contributed by atoms with E-state index in [1.54, 1.807) is 16.7 Å². The molecule has 2 nitrogen and oxygen atoms in total. The summed E-state index contributed by atoms with van der Waals surface area (Å²) in [5.74, 6) is 2.95. The Bertz CT molecular complexity index is 783. The van der Waals surface area contributed by atoms with Gasteiger partial charge in [0.15, 0.2) is 0 Å². The first kappa shape index (κ1) is 36.5. The number of allylic oxidation sites excluding steroid dienone is 4. The summed E-state index contributed by atoms with van der Waals surface area (Å²) >= 11 is -1.79. The van der Waals surface area contributed by atoms with E-state index in [4.69, 9.17) is 0 Å². The monoisotopic (exact) mass is 618 g/mol. The Morgan fingerprint density at radius 2 is 1.45 bits per heavy atom. The van der Waals surface area contributed by atoms with Crippen molar-refractivity contribution in [2.45, 2.75) is 150 Å². The number of carbonyl (C=O) groups excluding carboxylic acids is 1. The molecule has 1 amide bonds. The molecule has 0 radical (unpaired) electrons. The second kappa shape index (κ2) is 18.8. The first-order valence-corrected chi connectivity index (χ1v) is 23.2. The van der Waals surface area contributed by atoms with Crippen molar-refractivity contribution in [2.24, 2.45) is 23.7 Å². The van der Waals surface area contributed by atoms with Gasteiger partial charge < -0.3 is 24.8 Å². The summed E-state index contributed by atoms with van der Waals surface area (Å²) in [5, 5.41) is 0. The van der Waals surface area contributed by atoms with E-state index in [2.05, 4.69) is 44.6 Å². The van der Waals surface area contributed by atoms with Crippen LogP contribution in [-0.2, 0) is 22.2 Å². The maximum atomic E-state index is 13.6. The van der Waals surface area contributed by atoms with Crippen LogP contribution in [0.15, 0.2) is 20.6 Å². The summed E-state index contributed by atoms with van der Waals surface area (Å²) in [6.07, 6.45) is 22.6. The molecule has 0 aromatic rings.